The highest BCUT2D eigenvalue weighted by molar-refractivity contribution is 5.27. The lowest BCUT2D eigenvalue weighted by Crippen LogP contribution is -1.97. The molecule has 1 N–H and O–H groups in total. The van der Waals surface area contributed by atoms with Crippen molar-refractivity contribution in [2.45, 2.75) is 26.0 Å². The number of rotatable bonds is 5. The highest BCUT2D eigenvalue weighted by atomic mass is 16.5. The number of methoxy groups -OCH3 is 1. The van der Waals surface area contributed by atoms with Crippen molar-refractivity contribution >= 4 is 0 Å². The number of hydrogen-bond donors (Lipinski definition) is 1. The Hall–Kier alpha value is -1.74. The fourth-order valence-electron chi connectivity index (χ4n) is 1.93. The molecule has 1 heterocycles. The zero-order chi connectivity index (χ0) is 13.0. The summed E-state index contributed by atoms with van der Waals surface area (Å²) >= 11 is 0. The molecule has 2 rings (SSSR count). The van der Waals surface area contributed by atoms with Crippen LogP contribution in [-0.2, 0) is 6.54 Å². The Labute approximate surface area is 108 Å². The molecule has 0 radical (unpaired) electrons. The van der Waals surface area contributed by atoms with Gasteiger partial charge in [0, 0.05) is 18.9 Å². The van der Waals surface area contributed by atoms with Crippen LogP contribution in [0.25, 0.3) is 0 Å². The number of benzene rings is 1. The molecule has 0 amide bonds. The highest BCUT2D eigenvalue weighted by Crippen LogP contribution is 2.18. The molecule has 0 saturated carbocycles. The van der Waals surface area contributed by atoms with E-state index in [9.17, 15) is 5.11 Å². The third-order valence-electron chi connectivity index (χ3n) is 3.07. The van der Waals surface area contributed by atoms with E-state index in [1.54, 1.807) is 7.11 Å². The molecule has 18 heavy (non-hydrogen) atoms. The van der Waals surface area contributed by atoms with E-state index < -0.39 is 0 Å². The molecule has 0 spiro atoms. The van der Waals surface area contributed by atoms with Crippen molar-refractivity contribution in [3.63, 3.8) is 0 Å². The maximum absolute atomic E-state index is 9.75. The topological polar surface area (TPSA) is 34.4 Å². The summed E-state index contributed by atoms with van der Waals surface area (Å²) in [6.45, 7) is 2.78. The van der Waals surface area contributed by atoms with E-state index in [1.165, 1.54) is 5.56 Å². The molecule has 1 atom stereocenters. The van der Waals surface area contributed by atoms with Crippen LogP contribution in [0.2, 0.25) is 0 Å². The van der Waals surface area contributed by atoms with E-state index in [-0.39, 0.29) is 6.10 Å². The molecular weight excluding hydrogens is 226 g/mol. The first-order chi connectivity index (χ1) is 8.72. The van der Waals surface area contributed by atoms with E-state index in [0.29, 0.717) is 0 Å². The molecule has 0 bridgehead atoms. The Bertz CT molecular complexity index is 487. The van der Waals surface area contributed by atoms with Gasteiger partial charge in [-0.15, -0.1) is 0 Å². The minimum absolute atomic E-state index is 0.359. The van der Waals surface area contributed by atoms with Gasteiger partial charge in [0.15, 0.2) is 0 Å². The molecule has 0 saturated heterocycles. The van der Waals surface area contributed by atoms with Crippen LogP contribution in [0.1, 0.15) is 30.6 Å². The monoisotopic (exact) mass is 245 g/mol. The van der Waals surface area contributed by atoms with Gasteiger partial charge in [0.05, 0.1) is 13.2 Å². The number of aliphatic hydroxyl groups excluding tert-OH is 1. The molecule has 1 unspecified atom stereocenters. The van der Waals surface area contributed by atoms with Gasteiger partial charge in [0.25, 0.3) is 0 Å². The fraction of sp³-hybridized carbons (Fsp3) is 0.333. The van der Waals surface area contributed by atoms with Crippen LogP contribution in [0.3, 0.4) is 0 Å². The van der Waals surface area contributed by atoms with E-state index >= 15 is 0 Å². The lowest BCUT2D eigenvalue weighted by molar-refractivity contribution is 0.173. The van der Waals surface area contributed by atoms with Crippen molar-refractivity contribution in [2.24, 2.45) is 0 Å². The normalized spacial score (nSPS) is 12.4. The fourth-order valence-corrected chi connectivity index (χ4v) is 1.93. The van der Waals surface area contributed by atoms with Crippen molar-refractivity contribution in [1.82, 2.24) is 4.57 Å². The number of ether oxygens (including phenoxy) is 1. The van der Waals surface area contributed by atoms with Crippen LogP contribution >= 0.6 is 0 Å². The van der Waals surface area contributed by atoms with Crippen molar-refractivity contribution in [3.05, 3.63) is 53.9 Å². The first-order valence-corrected chi connectivity index (χ1v) is 6.19. The molecule has 2 aromatic rings. The van der Waals surface area contributed by atoms with Crippen molar-refractivity contribution < 1.29 is 9.84 Å². The van der Waals surface area contributed by atoms with E-state index in [1.807, 2.05) is 37.5 Å². The summed E-state index contributed by atoms with van der Waals surface area (Å²) in [5.74, 6) is 0.869. The average molecular weight is 245 g/mol. The summed E-state index contributed by atoms with van der Waals surface area (Å²) in [6.07, 6.45) is 4.38. The first-order valence-electron chi connectivity index (χ1n) is 6.19. The van der Waals surface area contributed by atoms with Gasteiger partial charge >= 0.3 is 0 Å². The number of aliphatic hydroxyl groups is 1. The van der Waals surface area contributed by atoms with Gasteiger partial charge in [-0.2, -0.15) is 0 Å². The molecule has 1 aromatic heterocycles. The summed E-state index contributed by atoms with van der Waals surface area (Å²) in [5.41, 5.74) is 2.19. The molecule has 0 aliphatic heterocycles. The predicted molar refractivity (Wildman–Crippen MR) is 71.8 cm³/mol. The number of aromatic nitrogens is 1. The van der Waals surface area contributed by atoms with Gasteiger partial charge in [-0.25, -0.2) is 0 Å². The Morgan fingerprint density at radius 2 is 1.94 bits per heavy atom. The Balaban J connectivity index is 2.06. The Morgan fingerprint density at radius 3 is 2.56 bits per heavy atom. The highest BCUT2D eigenvalue weighted by Gasteiger charge is 2.06. The van der Waals surface area contributed by atoms with Crippen molar-refractivity contribution in [3.8, 4) is 5.75 Å². The standard InChI is InChI=1S/C15H19NO2/c1-3-15(17)13-8-9-16(11-13)10-12-4-6-14(18-2)7-5-12/h4-9,11,15,17H,3,10H2,1-2H3. The average Bonchev–Trinajstić information content (AvgIpc) is 2.87. The quantitative estimate of drug-likeness (QED) is 0.878. The van der Waals surface area contributed by atoms with Gasteiger partial charge in [-0.3, -0.25) is 0 Å². The predicted octanol–water partition coefficient (Wildman–Crippen LogP) is 2.99. The van der Waals surface area contributed by atoms with E-state index in [4.69, 9.17) is 4.74 Å². The first kappa shape index (κ1) is 12.7. The van der Waals surface area contributed by atoms with Gasteiger partial charge in [0.2, 0.25) is 0 Å². The minimum Gasteiger partial charge on any atom is -0.497 e. The van der Waals surface area contributed by atoms with Crippen molar-refractivity contribution in [1.29, 1.82) is 0 Å². The van der Waals surface area contributed by atoms with Crippen LogP contribution in [0.15, 0.2) is 42.7 Å². The lowest BCUT2D eigenvalue weighted by Gasteiger charge is -2.06. The summed E-state index contributed by atoms with van der Waals surface area (Å²) in [6, 6.07) is 9.99. The smallest absolute Gasteiger partial charge is 0.118 e. The number of nitrogens with zero attached hydrogens (tertiary/aromatic N) is 1. The van der Waals surface area contributed by atoms with Gasteiger partial charge in [0.1, 0.15) is 5.75 Å². The zero-order valence-electron chi connectivity index (χ0n) is 10.8. The maximum atomic E-state index is 9.75. The van der Waals surface area contributed by atoms with Crippen LogP contribution in [0.4, 0.5) is 0 Å². The van der Waals surface area contributed by atoms with Gasteiger partial charge in [-0.1, -0.05) is 19.1 Å². The van der Waals surface area contributed by atoms with Crippen LogP contribution in [-0.4, -0.2) is 16.8 Å². The van der Waals surface area contributed by atoms with Crippen LogP contribution < -0.4 is 4.74 Å². The maximum Gasteiger partial charge on any atom is 0.118 e. The molecule has 96 valence electrons. The molecule has 0 fully saturated rings. The number of hydrogen-bond acceptors (Lipinski definition) is 2. The lowest BCUT2D eigenvalue weighted by atomic mass is 10.1. The van der Waals surface area contributed by atoms with E-state index in [0.717, 1.165) is 24.3 Å². The zero-order valence-corrected chi connectivity index (χ0v) is 10.8. The van der Waals surface area contributed by atoms with E-state index in [2.05, 4.69) is 16.7 Å². The second kappa shape index (κ2) is 5.74. The van der Waals surface area contributed by atoms with Gasteiger partial charge < -0.3 is 14.4 Å². The summed E-state index contributed by atoms with van der Waals surface area (Å²) < 4.78 is 7.21. The Kier molecular flexibility index (Phi) is 4.05. The molecule has 1 aromatic carbocycles. The third kappa shape index (κ3) is 2.93. The van der Waals surface area contributed by atoms with Gasteiger partial charge in [-0.05, 0) is 35.7 Å². The Morgan fingerprint density at radius 1 is 1.22 bits per heavy atom. The second-order valence-electron chi connectivity index (χ2n) is 4.39. The molecule has 3 nitrogen and oxygen atoms in total. The largest absolute Gasteiger partial charge is 0.497 e. The summed E-state index contributed by atoms with van der Waals surface area (Å²) in [7, 11) is 1.67. The molecule has 3 heteroatoms. The second-order valence-corrected chi connectivity index (χ2v) is 4.39. The molecule has 0 aliphatic carbocycles. The summed E-state index contributed by atoms with van der Waals surface area (Å²) in [5, 5.41) is 9.75. The van der Waals surface area contributed by atoms with Crippen LogP contribution in [0, 0.1) is 0 Å². The summed E-state index contributed by atoms with van der Waals surface area (Å²) in [4.78, 5) is 0. The third-order valence-corrected chi connectivity index (χ3v) is 3.07. The van der Waals surface area contributed by atoms with Crippen LogP contribution in [0.5, 0.6) is 5.75 Å². The molecule has 0 aliphatic rings. The SMILES string of the molecule is CCC(O)c1ccn(Cc2ccc(OC)cc2)c1. The molecular formula is C15H19NO2. The van der Waals surface area contributed by atoms with Crippen molar-refractivity contribution in [2.75, 3.05) is 7.11 Å². The minimum atomic E-state index is -0.359.